The summed E-state index contributed by atoms with van der Waals surface area (Å²) in [5, 5.41) is 9.55. The molecule has 2 saturated heterocycles. The lowest BCUT2D eigenvalue weighted by Crippen LogP contribution is -2.67. The van der Waals surface area contributed by atoms with Gasteiger partial charge in [-0.2, -0.15) is 0 Å². The fourth-order valence-corrected chi connectivity index (χ4v) is 4.41. The highest BCUT2D eigenvalue weighted by atomic mass is 16.5. The van der Waals surface area contributed by atoms with Crippen LogP contribution in [0.25, 0.3) is 0 Å². The Kier molecular flexibility index (Phi) is 4.69. The predicted octanol–water partition coefficient (Wildman–Crippen LogP) is 2.97. The van der Waals surface area contributed by atoms with E-state index in [-0.39, 0.29) is 23.4 Å². The molecule has 1 spiro atoms. The molecule has 2 aliphatic heterocycles. The van der Waals surface area contributed by atoms with Gasteiger partial charge in [-0.3, -0.25) is 4.79 Å². The van der Waals surface area contributed by atoms with Gasteiger partial charge < -0.3 is 19.5 Å². The third kappa shape index (κ3) is 3.67. The molecule has 4 rings (SSSR count). The zero-order valence-corrected chi connectivity index (χ0v) is 14.7. The van der Waals surface area contributed by atoms with Crippen LogP contribution in [0.3, 0.4) is 0 Å². The maximum Gasteiger partial charge on any atom is 0.254 e. The Morgan fingerprint density at radius 1 is 1.28 bits per heavy atom. The summed E-state index contributed by atoms with van der Waals surface area (Å²) < 4.78 is 12.2. The van der Waals surface area contributed by atoms with Crippen LogP contribution < -0.4 is 0 Å². The van der Waals surface area contributed by atoms with Crippen LogP contribution in [-0.4, -0.2) is 53.9 Å². The highest BCUT2D eigenvalue weighted by Crippen LogP contribution is 2.37. The Morgan fingerprint density at radius 3 is 2.84 bits per heavy atom. The van der Waals surface area contributed by atoms with Crippen molar-refractivity contribution in [1.82, 2.24) is 4.90 Å². The lowest BCUT2D eigenvalue weighted by atomic mass is 9.84. The van der Waals surface area contributed by atoms with Crippen molar-refractivity contribution in [3.63, 3.8) is 0 Å². The number of carbonyl (C=O) groups is 1. The number of ether oxygens (including phenoxy) is 2. The normalized spacial score (nSPS) is 25.9. The average molecular weight is 345 g/mol. The van der Waals surface area contributed by atoms with Crippen molar-refractivity contribution in [2.75, 3.05) is 26.3 Å². The molecule has 1 N–H and O–H groups in total. The largest absolute Gasteiger partial charge is 0.508 e. The van der Waals surface area contributed by atoms with Gasteiger partial charge in [0.1, 0.15) is 11.4 Å². The summed E-state index contributed by atoms with van der Waals surface area (Å²) in [5.41, 5.74) is 0.296. The third-order valence-corrected chi connectivity index (χ3v) is 5.83. The summed E-state index contributed by atoms with van der Waals surface area (Å²) in [6.07, 6.45) is 7.39. The van der Waals surface area contributed by atoms with E-state index in [0.29, 0.717) is 25.3 Å². The van der Waals surface area contributed by atoms with E-state index in [9.17, 15) is 9.90 Å². The molecule has 1 amide bonds. The molecule has 5 nitrogen and oxygen atoms in total. The Morgan fingerprint density at radius 2 is 2.08 bits per heavy atom. The first-order valence-corrected chi connectivity index (χ1v) is 9.47. The standard InChI is InChI=1S/C20H27NO4/c22-17-7-3-6-16(10-17)19(23)21-13-20(14-21)11-18(8-9-25-20)24-12-15-4-1-2-5-15/h3,6-7,10,15,18,22H,1-2,4-5,8-9,11-14H2/t18-/m0/s1. The van der Waals surface area contributed by atoms with Crippen molar-refractivity contribution in [3.8, 4) is 5.75 Å². The molecule has 1 aromatic carbocycles. The van der Waals surface area contributed by atoms with Crippen molar-refractivity contribution in [1.29, 1.82) is 0 Å². The number of amides is 1. The number of benzene rings is 1. The van der Waals surface area contributed by atoms with Crippen molar-refractivity contribution in [3.05, 3.63) is 29.8 Å². The zero-order chi connectivity index (χ0) is 17.3. The van der Waals surface area contributed by atoms with Crippen LogP contribution in [0.4, 0.5) is 0 Å². The lowest BCUT2D eigenvalue weighted by molar-refractivity contribution is -0.187. The topological polar surface area (TPSA) is 59.0 Å². The Hall–Kier alpha value is -1.59. The monoisotopic (exact) mass is 345 g/mol. The van der Waals surface area contributed by atoms with Crippen molar-refractivity contribution >= 4 is 5.91 Å². The number of aromatic hydroxyl groups is 1. The van der Waals surface area contributed by atoms with Gasteiger partial charge >= 0.3 is 0 Å². The number of phenols is 1. The molecule has 0 bridgehead atoms. The highest BCUT2D eigenvalue weighted by Gasteiger charge is 2.49. The van der Waals surface area contributed by atoms with Gasteiger partial charge in [-0.05, 0) is 43.4 Å². The summed E-state index contributed by atoms with van der Waals surface area (Å²) in [6.45, 7) is 2.83. The van der Waals surface area contributed by atoms with Crippen LogP contribution in [-0.2, 0) is 9.47 Å². The number of hydrogen-bond donors (Lipinski definition) is 1. The fourth-order valence-electron chi connectivity index (χ4n) is 4.41. The molecule has 5 heteroatoms. The van der Waals surface area contributed by atoms with Crippen molar-refractivity contribution in [2.45, 2.75) is 50.2 Å². The van der Waals surface area contributed by atoms with E-state index in [1.54, 1.807) is 23.1 Å². The van der Waals surface area contributed by atoms with Crippen LogP contribution in [0.2, 0.25) is 0 Å². The summed E-state index contributed by atoms with van der Waals surface area (Å²) in [7, 11) is 0. The molecular formula is C20H27NO4. The molecule has 3 fully saturated rings. The van der Waals surface area contributed by atoms with E-state index < -0.39 is 0 Å². The predicted molar refractivity (Wildman–Crippen MR) is 93.6 cm³/mol. The lowest BCUT2D eigenvalue weighted by Gasteiger charge is -2.53. The van der Waals surface area contributed by atoms with Crippen LogP contribution in [0, 0.1) is 5.92 Å². The smallest absolute Gasteiger partial charge is 0.254 e. The van der Waals surface area contributed by atoms with Gasteiger partial charge in [-0.1, -0.05) is 18.9 Å². The second-order valence-corrected chi connectivity index (χ2v) is 7.84. The number of nitrogens with zero attached hydrogens (tertiary/aromatic N) is 1. The fraction of sp³-hybridized carbons (Fsp3) is 0.650. The summed E-state index contributed by atoms with van der Waals surface area (Å²) in [6, 6.07) is 6.53. The molecule has 1 atom stereocenters. The second-order valence-electron chi connectivity index (χ2n) is 7.84. The molecule has 1 saturated carbocycles. The van der Waals surface area contributed by atoms with Crippen LogP contribution in [0.15, 0.2) is 24.3 Å². The van der Waals surface area contributed by atoms with Crippen LogP contribution in [0.1, 0.15) is 48.9 Å². The number of hydrogen-bond acceptors (Lipinski definition) is 4. The summed E-state index contributed by atoms with van der Waals surface area (Å²) in [4.78, 5) is 14.3. The van der Waals surface area contributed by atoms with E-state index in [1.807, 2.05) is 0 Å². The first-order valence-electron chi connectivity index (χ1n) is 9.47. The maximum absolute atomic E-state index is 12.5. The minimum atomic E-state index is -0.231. The van der Waals surface area contributed by atoms with E-state index in [1.165, 1.54) is 31.7 Å². The quantitative estimate of drug-likeness (QED) is 0.911. The van der Waals surface area contributed by atoms with E-state index >= 15 is 0 Å². The molecule has 1 aromatic rings. The molecule has 25 heavy (non-hydrogen) atoms. The third-order valence-electron chi connectivity index (χ3n) is 5.83. The van der Waals surface area contributed by atoms with Crippen molar-refractivity contribution in [2.24, 2.45) is 5.92 Å². The van der Waals surface area contributed by atoms with Gasteiger partial charge in [0, 0.05) is 25.2 Å². The molecule has 0 aromatic heterocycles. The molecule has 3 aliphatic rings. The summed E-state index contributed by atoms with van der Waals surface area (Å²) in [5.74, 6) is 0.818. The minimum Gasteiger partial charge on any atom is -0.508 e. The first-order chi connectivity index (χ1) is 12.1. The molecule has 1 aliphatic carbocycles. The first kappa shape index (κ1) is 16.9. The minimum absolute atomic E-state index is 0.0425. The Labute approximate surface area is 148 Å². The number of likely N-dealkylation sites (tertiary alicyclic amines) is 1. The second kappa shape index (κ2) is 6.96. The van der Waals surface area contributed by atoms with Gasteiger partial charge in [0.2, 0.25) is 0 Å². The zero-order valence-electron chi connectivity index (χ0n) is 14.7. The average Bonchev–Trinajstić information content (AvgIpc) is 3.11. The van der Waals surface area contributed by atoms with Crippen molar-refractivity contribution < 1.29 is 19.4 Å². The maximum atomic E-state index is 12.5. The number of rotatable bonds is 4. The van der Waals surface area contributed by atoms with Crippen LogP contribution in [0.5, 0.6) is 5.75 Å². The molecular weight excluding hydrogens is 318 g/mol. The molecule has 2 heterocycles. The van der Waals surface area contributed by atoms with E-state index in [0.717, 1.165) is 25.4 Å². The van der Waals surface area contributed by atoms with Gasteiger partial charge in [0.25, 0.3) is 5.91 Å². The van der Waals surface area contributed by atoms with E-state index in [2.05, 4.69) is 0 Å². The SMILES string of the molecule is O=C(c1cccc(O)c1)N1CC2(C[C@@H](OCC3CCCC3)CCO2)C1. The Balaban J connectivity index is 1.29. The van der Waals surface area contributed by atoms with E-state index in [4.69, 9.17) is 9.47 Å². The van der Waals surface area contributed by atoms with Gasteiger partial charge in [-0.15, -0.1) is 0 Å². The highest BCUT2D eigenvalue weighted by molar-refractivity contribution is 5.95. The number of phenolic OH excluding ortho intramolecular Hbond substituents is 1. The van der Waals surface area contributed by atoms with Gasteiger partial charge in [-0.25, -0.2) is 0 Å². The van der Waals surface area contributed by atoms with Gasteiger partial charge in [0.15, 0.2) is 0 Å². The molecule has 0 unspecified atom stereocenters. The van der Waals surface area contributed by atoms with Crippen LogP contribution >= 0.6 is 0 Å². The number of carbonyl (C=O) groups excluding carboxylic acids is 1. The Bertz CT molecular complexity index is 620. The molecule has 136 valence electrons. The van der Waals surface area contributed by atoms with Gasteiger partial charge in [0.05, 0.1) is 19.2 Å². The summed E-state index contributed by atoms with van der Waals surface area (Å²) >= 11 is 0. The molecule has 0 radical (unpaired) electrons.